The van der Waals surface area contributed by atoms with Crippen LogP contribution in [0.4, 0.5) is 14.5 Å². The molecule has 1 amide bonds. The Bertz CT molecular complexity index is 1250. The number of aromatic nitrogens is 1. The van der Waals surface area contributed by atoms with E-state index in [2.05, 4.69) is 10.3 Å². The van der Waals surface area contributed by atoms with Crippen molar-refractivity contribution in [1.82, 2.24) is 4.98 Å². The predicted molar refractivity (Wildman–Crippen MR) is 118 cm³/mol. The van der Waals surface area contributed by atoms with Crippen molar-refractivity contribution in [2.45, 2.75) is 6.92 Å². The summed E-state index contributed by atoms with van der Waals surface area (Å²) in [6.07, 6.45) is 0. The molecule has 2 aromatic heterocycles. The van der Waals surface area contributed by atoms with Gasteiger partial charge in [-0.15, -0.1) is 0 Å². The van der Waals surface area contributed by atoms with Gasteiger partial charge in [-0.1, -0.05) is 52.5 Å². The molecule has 0 unspecified atom stereocenters. The Hall–Kier alpha value is -3.63. The third-order valence-corrected chi connectivity index (χ3v) is 6.05. The fourth-order valence-corrected chi connectivity index (χ4v) is 4.21. The molecule has 156 valence electrons. The molecule has 0 atom stereocenters. The number of hydrogen-bond donors (Lipinski definition) is 1. The standard InChI is InChI=1S/C21H14FN3O4S2/c1-12-2-4-13(5-3-12)18-20(29-15-8-6-14(22)7-9-15)31-21(23-18)24-19(26)16-10-11-17(30-16)25(27)28/h2-11H,1H3,(H,23,24,26). The molecular formula is C21H14FN3O4S2. The summed E-state index contributed by atoms with van der Waals surface area (Å²) in [7, 11) is 0. The molecule has 10 heteroatoms. The number of nitrogens with zero attached hydrogens (tertiary/aromatic N) is 2. The van der Waals surface area contributed by atoms with Gasteiger partial charge in [0.1, 0.15) is 17.3 Å². The molecule has 4 rings (SSSR count). The monoisotopic (exact) mass is 455 g/mol. The molecule has 0 radical (unpaired) electrons. The number of rotatable bonds is 6. The number of hydrogen-bond acceptors (Lipinski definition) is 7. The molecule has 0 saturated heterocycles. The van der Waals surface area contributed by atoms with Gasteiger partial charge in [-0.25, -0.2) is 9.37 Å². The van der Waals surface area contributed by atoms with Crippen LogP contribution in [-0.4, -0.2) is 15.8 Å². The zero-order chi connectivity index (χ0) is 22.0. The maximum atomic E-state index is 13.2. The zero-order valence-corrected chi connectivity index (χ0v) is 17.6. The number of halogens is 1. The van der Waals surface area contributed by atoms with Crippen LogP contribution in [0, 0.1) is 22.9 Å². The molecule has 0 aliphatic heterocycles. The summed E-state index contributed by atoms with van der Waals surface area (Å²) >= 11 is 1.89. The first-order chi connectivity index (χ1) is 14.9. The van der Waals surface area contributed by atoms with E-state index < -0.39 is 10.8 Å². The average molecular weight is 455 g/mol. The van der Waals surface area contributed by atoms with Crippen LogP contribution >= 0.6 is 22.7 Å². The van der Waals surface area contributed by atoms with Gasteiger partial charge in [-0.3, -0.25) is 20.2 Å². The number of thiophene rings is 1. The summed E-state index contributed by atoms with van der Waals surface area (Å²) in [5, 5.41) is 14.1. The molecule has 2 aromatic carbocycles. The number of carbonyl (C=O) groups excluding carboxylic acids is 1. The van der Waals surface area contributed by atoms with Crippen molar-refractivity contribution >= 4 is 38.7 Å². The van der Waals surface area contributed by atoms with Crippen LogP contribution in [0.15, 0.2) is 60.7 Å². The lowest BCUT2D eigenvalue weighted by Gasteiger charge is -2.05. The molecule has 0 fully saturated rings. The van der Waals surface area contributed by atoms with E-state index in [9.17, 15) is 19.3 Å². The summed E-state index contributed by atoms with van der Waals surface area (Å²) in [5.41, 5.74) is 2.38. The Labute approximate surface area is 183 Å². The van der Waals surface area contributed by atoms with Crippen molar-refractivity contribution in [2.24, 2.45) is 0 Å². The molecule has 0 aliphatic rings. The van der Waals surface area contributed by atoms with E-state index in [0.717, 1.165) is 33.8 Å². The maximum absolute atomic E-state index is 13.2. The number of benzene rings is 2. The minimum atomic E-state index is -0.547. The minimum Gasteiger partial charge on any atom is -0.444 e. The van der Waals surface area contributed by atoms with Crippen LogP contribution in [-0.2, 0) is 0 Å². The second kappa shape index (κ2) is 8.62. The van der Waals surface area contributed by atoms with Crippen molar-refractivity contribution in [2.75, 3.05) is 5.32 Å². The van der Waals surface area contributed by atoms with Crippen molar-refractivity contribution in [3.8, 4) is 22.1 Å². The number of ether oxygens (including phenoxy) is 1. The van der Waals surface area contributed by atoms with Crippen LogP contribution in [0.3, 0.4) is 0 Å². The minimum absolute atomic E-state index is 0.120. The number of thiazole rings is 1. The third-order valence-electron chi connectivity index (χ3n) is 4.16. The van der Waals surface area contributed by atoms with Crippen LogP contribution in [0.2, 0.25) is 0 Å². The van der Waals surface area contributed by atoms with Gasteiger partial charge in [0.2, 0.25) is 5.06 Å². The van der Waals surface area contributed by atoms with Gasteiger partial charge >= 0.3 is 5.00 Å². The highest BCUT2D eigenvalue weighted by Crippen LogP contribution is 2.41. The highest BCUT2D eigenvalue weighted by Gasteiger charge is 2.20. The highest BCUT2D eigenvalue weighted by molar-refractivity contribution is 7.19. The molecule has 0 saturated carbocycles. The molecule has 0 aliphatic carbocycles. The number of aryl methyl sites for hydroxylation is 1. The van der Waals surface area contributed by atoms with Gasteiger partial charge in [0.05, 0.1) is 9.80 Å². The van der Waals surface area contributed by atoms with E-state index in [0.29, 0.717) is 16.5 Å². The smallest absolute Gasteiger partial charge is 0.324 e. The Morgan fingerprint density at radius 3 is 2.42 bits per heavy atom. The van der Waals surface area contributed by atoms with E-state index in [4.69, 9.17) is 4.74 Å². The summed E-state index contributed by atoms with van der Waals surface area (Å²) in [6.45, 7) is 1.96. The first kappa shape index (κ1) is 20.6. The third kappa shape index (κ3) is 4.76. The van der Waals surface area contributed by atoms with Crippen molar-refractivity contribution < 1.29 is 18.8 Å². The van der Waals surface area contributed by atoms with E-state index in [1.165, 1.54) is 36.4 Å². The fourth-order valence-electron chi connectivity index (χ4n) is 2.64. The van der Waals surface area contributed by atoms with Crippen LogP contribution in [0.1, 0.15) is 15.2 Å². The van der Waals surface area contributed by atoms with Crippen LogP contribution < -0.4 is 10.1 Å². The summed E-state index contributed by atoms with van der Waals surface area (Å²) in [6, 6.07) is 15.9. The average Bonchev–Trinajstić information content (AvgIpc) is 3.38. The Kier molecular flexibility index (Phi) is 5.74. The number of amides is 1. The molecular weight excluding hydrogens is 441 g/mol. The van der Waals surface area contributed by atoms with Gasteiger partial charge in [0.25, 0.3) is 5.91 Å². The van der Waals surface area contributed by atoms with Crippen LogP contribution in [0.5, 0.6) is 10.8 Å². The first-order valence-corrected chi connectivity index (χ1v) is 10.6. The largest absolute Gasteiger partial charge is 0.444 e. The van der Waals surface area contributed by atoms with E-state index in [-0.39, 0.29) is 20.8 Å². The van der Waals surface area contributed by atoms with Gasteiger partial charge in [-0.2, -0.15) is 0 Å². The Balaban J connectivity index is 1.64. The van der Waals surface area contributed by atoms with Crippen molar-refractivity contribution in [1.29, 1.82) is 0 Å². The van der Waals surface area contributed by atoms with Crippen molar-refractivity contribution in [3.63, 3.8) is 0 Å². The zero-order valence-electron chi connectivity index (χ0n) is 16.0. The molecule has 4 aromatic rings. The van der Waals surface area contributed by atoms with Gasteiger partial charge in [-0.05, 0) is 37.3 Å². The lowest BCUT2D eigenvalue weighted by atomic mass is 10.1. The number of nitro groups is 1. The normalized spacial score (nSPS) is 10.6. The van der Waals surface area contributed by atoms with E-state index in [1.807, 2.05) is 31.2 Å². The second-order valence-electron chi connectivity index (χ2n) is 6.43. The first-order valence-electron chi connectivity index (χ1n) is 8.96. The fraction of sp³-hybridized carbons (Fsp3) is 0.0476. The lowest BCUT2D eigenvalue weighted by Crippen LogP contribution is -2.09. The van der Waals surface area contributed by atoms with E-state index >= 15 is 0 Å². The van der Waals surface area contributed by atoms with Gasteiger partial charge in [0.15, 0.2) is 5.13 Å². The number of anilines is 1. The molecule has 0 spiro atoms. The topological polar surface area (TPSA) is 94.4 Å². The maximum Gasteiger partial charge on any atom is 0.324 e. The number of carbonyl (C=O) groups is 1. The molecule has 7 nitrogen and oxygen atoms in total. The molecule has 0 bridgehead atoms. The van der Waals surface area contributed by atoms with E-state index in [1.54, 1.807) is 0 Å². The molecule has 31 heavy (non-hydrogen) atoms. The second-order valence-corrected chi connectivity index (χ2v) is 8.45. The summed E-state index contributed by atoms with van der Waals surface area (Å²) in [4.78, 5) is 27.5. The lowest BCUT2D eigenvalue weighted by molar-refractivity contribution is -0.380. The van der Waals surface area contributed by atoms with Gasteiger partial charge in [0, 0.05) is 11.6 Å². The highest BCUT2D eigenvalue weighted by atomic mass is 32.1. The quantitative estimate of drug-likeness (QED) is 0.273. The molecule has 1 N–H and O–H groups in total. The molecule has 2 heterocycles. The van der Waals surface area contributed by atoms with Crippen molar-refractivity contribution in [3.05, 3.63) is 87.0 Å². The Morgan fingerprint density at radius 1 is 1.06 bits per heavy atom. The number of nitrogens with one attached hydrogen (secondary N) is 1. The predicted octanol–water partition coefficient (Wildman–Crippen LogP) is 6.27. The van der Waals surface area contributed by atoms with Crippen LogP contribution in [0.25, 0.3) is 11.3 Å². The summed E-state index contributed by atoms with van der Waals surface area (Å²) in [5.74, 6) is -0.464. The SMILES string of the molecule is Cc1ccc(-c2nc(NC(=O)c3ccc([N+](=O)[O-])s3)sc2Oc2ccc(F)cc2)cc1. The van der Waals surface area contributed by atoms with Gasteiger partial charge < -0.3 is 4.74 Å². The summed E-state index contributed by atoms with van der Waals surface area (Å²) < 4.78 is 19.1. The Morgan fingerprint density at radius 2 is 1.77 bits per heavy atom.